The molecule has 1 heterocycles. The van der Waals surface area contributed by atoms with Crippen molar-refractivity contribution >= 4 is 5.91 Å². The first kappa shape index (κ1) is 16.3. The molecule has 1 aliphatic rings. The van der Waals surface area contributed by atoms with Crippen LogP contribution in [-0.2, 0) is 17.8 Å². The number of nitrogens with two attached hydrogens (primary N) is 1. The van der Waals surface area contributed by atoms with Crippen molar-refractivity contribution in [3.63, 3.8) is 0 Å². The van der Waals surface area contributed by atoms with E-state index in [1.807, 2.05) is 42.5 Å². The first-order valence-corrected chi connectivity index (χ1v) is 8.01. The monoisotopic (exact) mass is 320 g/mol. The van der Waals surface area contributed by atoms with Crippen LogP contribution in [0, 0.1) is 11.8 Å². The van der Waals surface area contributed by atoms with Crippen LogP contribution in [0.4, 0.5) is 0 Å². The maximum Gasteiger partial charge on any atom is 0.242 e. The molecule has 24 heavy (non-hydrogen) atoms. The van der Waals surface area contributed by atoms with Gasteiger partial charge in [-0.05, 0) is 41.8 Å². The van der Waals surface area contributed by atoms with Crippen LogP contribution < -0.4 is 5.73 Å². The summed E-state index contributed by atoms with van der Waals surface area (Å²) in [5.41, 5.74) is 9.93. The zero-order valence-electron chi connectivity index (χ0n) is 13.4. The Kier molecular flexibility index (Phi) is 4.95. The Hall–Kier alpha value is -2.61. The van der Waals surface area contributed by atoms with Crippen LogP contribution in [0.3, 0.4) is 0 Å². The van der Waals surface area contributed by atoms with Gasteiger partial charge in [0.25, 0.3) is 0 Å². The Balaban J connectivity index is 1.75. The van der Waals surface area contributed by atoms with Gasteiger partial charge in [0.15, 0.2) is 0 Å². The van der Waals surface area contributed by atoms with E-state index in [1.54, 1.807) is 4.90 Å². The van der Waals surface area contributed by atoms with E-state index >= 15 is 0 Å². The largest absolute Gasteiger partial charge is 0.394 e. The van der Waals surface area contributed by atoms with Crippen molar-refractivity contribution in [2.45, 2.75) is 19.0 Å². The van der Waals surface area contributed by atoms with Crippen molar-refractivity contribution in [3.8, 4) is 11.8 Å². The van der Waals surface area contributed by atoms with E-state index < -0.39 is 6.04 Å². The molecule has 0 bridgehead atoms. The molecule has 1 atom stereocenters. The lowest BCUT2D eigenvalue weighted by molar-refractivity contribution is -0.134. The minimum absolute atomic E-state index is 0.198. The summed E-state index contributed by atoms with van der Waals surface area (Å²) in [4.78, 5) is 13.8. The maximum absolute atomic E-state index is 12.1. The average molecular weight is 320 g/mol. The quantitative estimate of drug-likeness (QED) is 0.820. The summed E-state index contributed by atoms with van der Waals surface area (Å²) in [6.07, 6.45) is 0.778. The normalized spacial score (nSPS) is 14.3. The van der Waals surface area contributed by atoms with E-state index in [4.69, 9.17) is 10.8 Å². The molecule has 2 aromatic carbocycles. The number of fused-ring (bicyclic) bond motifs is 1. The van der Waals surface area contributed by atoms with Crippen LogP contribution >= 0.6 is 0 Å². The highest BCUT2D eigenvalue weighted by Crippen LogP contribution is 2.20. The van der Waals surface area contributed by atoms with Crippen LogP contribution in [0.5, 0.6) is 0 Å². The van der Waals surface area contributed by atoms with Gasteiger partial charge in [0.05, 0.1) is 6.61 Å². The second-order valence-electron chi connectivity index (χ2n) is 5.90. The van der Waals surface area contributed by atoms with Gasteiger partial charge in [-0.3, -0.25) is 4.79 Å². The molecule has 3 rings (SSSR count). The van der Waals surface area contributed by atoms with Crippen LogP contribution in [0.2, 0.25) is 0 Å². The first-order chi connectivity index (χ1) is 11.7. The third kappa shape index (κ3) is 3.65. The lowest BCUT2D eigenvalue weighted by Crippen LogP contribution is -2.47. The van der Waals surface area contributed by atoms with E-state index in [0.29, 0.717) is 13.1 Å². The topological polar surface area (TPSA) is 66.6 Å². The van der Waals surface area contributed by atoms with Crippen LogP contribution in [0.25, 0.3) is 0 Å². The molecule has 1 unspecified atom stereocenters. The highest BCUT2D eigenvalue weighted by molar-refractivity contribution is 5.82. The Bertz CT molecular complexity index is 790. The summed E-state index contributed by atoms with van der Waals surface area (Å²) in [6.45, 7) is 0.833. The zero-order valence-corrected chi connectivity index (χ0v) is 13.4. The predicted octanol–water partition coefficient (Wildman–Crippen LogP) is 1.29. The number of nitrogens with zero attached hydrogens (tertiary/aromatic N) is 1. The molecule has 0 aliphatic carbocycles. The van der Waals surface area contributed by atoms with Gasteiger partial charge in [-0.25, -0.2) is 0 Å². The SMILES string of the molecule is NC(CO)C(=O)N1CCc2cc(C#Cc3ccccc3)ccc2C1. The van der Waals surface area contributed by atoms with E-state index in [-0.39, 0.29) is 12.5 Å². The number of carbonyl (C=O) groups excluding carboxylic acids is 1. The molecule has 0 saturated carbocycles. The number of benzene rings is 2. The van der Waals surface area contributed by atoms with Crippen molar-refractivity contribution in [1.29, 1.82) is 0 Å². The fourth-order valence-corrected chi connectivity index (χ4v) is 2.80. The molecular formula is C20H20N2O2. The summed E-state index contributed by atoms with van der Waals surface area (Å²) in [7, 11) is 0. The smallest absolute Gasteiger partial charge is 0.242 e. The number of aliphatic hydroxyl groups excluding tert-OH is 1. The summed E-state index contributed by atoms with van der Waals surface area (Å²) in [5.74, 6) is 6.15. The Morgan fingerprint density at radius 2 is 1.88 bits per heavy atom. The maximum atomic E-state index is 12.1. The van der Waals surface area contributed by atoms with Crippen LogP contribution in [0.1, 0.15) is 22.3 Å². The minimum atomic E-state index is -0.831. The third-order valence-corrected chi connectivity index (χ3v) is 4.17. The second-order valence-corrected chi connectivity index (χ2v) is 5.90. The highest BCUT2D eigenvalue weighted by atomic mass is 16.3. The van der Waals surface area contributed by atoms with Crippen molar-refractivity contribution in [1.82, 2.24) is 4.90 Å². The van der Waals surface area contributed by atoms with Crippen LogP contribution in [0.15, 0.2) is 48.5 Å². The van der Waals surface area contributed by atoms with Gasteiger partial charge in [-0.1, -0.05) is 36.1 Å². The molecule has 1 aliphatic heterocycles. The molecule has 0 saturated heterocycles. The molecule has 0 fully saturated rings. The summed E-state index contributed by atoms with van der Waals surface area (Å²) >= 11 is 0. The van der Waals surface area contributed by atoms with Gasteiger partial charge in [0, 0.05) is 24.2 Å². The van der Waals surface area contributed by atoms with E-state index in [2.05, 4.69) is 17.9 Å². The number of hydrogen-bond acceptors (Lipinski definition) is 3. The molecule has 4 nitrogen and oxygen atoms in total. The van der Waals surface area contributed by atoms with Gasteiger partial charge in [-0.15, -0.1) is 0 Å². The number of rotatable bonds is 2. The number of amides is 1. The molecule has 0 spiro atoms. The molecule has 122 valence electrons. The van der Waals surface area contributed by atoms with Gasteiger partial charge >= 0.3 is 0 Å². The summed E-state index contributed by atoms with van der Waals surface area (Å²) in [5, 5.41) is 9.03. The second kappa shape index (κ2) is 7.31. The molecule has 1 amide bonds. The molecule has 0 radical (unpaired) electrons. The van der Waals surface area contributed by atoms with Crippen molar-refractivity contribution in [2.24, 2.45) is 5.73 Å². The number of hydrogen-bond donors (Lipinski definition) is 2. The third-order valence-electron chi connectivity index (χ3n) is 4.17. The fraction of sp³-hybridized carbons (Fsp3) is 0.250. The molecule has 4 heteroatoms. The highest BCUT2D eigenvalue weighted by Gasteiger charge is 2.24. The minimum Gasteiger partial charge on any atom is -0.394 e. The molecule has 3 N–H and O–H groups in total. The first-order valence-electron chi connectivity index (χ1n) is 8.01. The summed E-state index contributed by atoms with van der Waals surface area (Å²) in [6, 6.07) is 15.2. The molecule has 0 aromatic heterocycles. The standard InChI is InChI=1S/C20H20N2O2/c21-19(14-23)20(24)22-11-10-17-12-16(8-9-18(17)13-22)7-6-15-4-2-1-3-5-15/h1-5,8-9,12,19,23H,10-11,13-14,21H2. The van der Waals surface area contributed by atoms with Crippen molar-refractivity contribution in [3.05, 3.63) is 70.8 Å². The Labute approximate surface area is 141 Å². The zero-order chi connectivity index (χ0) is 16.9. The van der Waals surface area contributed by atoms with E-state index in [0.717, 1.165) is 23.1 Å². The van der Waals surface area contributed by atoms with Crippen molar-refractivity contribution < 1.29 is 9.90 Å². The van der Waals surface area contributed by atoms with E-state index in [1.165, 1.54) is 5.56 Å². The summed E-state index contributed by atoms with van der Waals surface area (Å²) < 4.78 is 0. The van der Waals surface area contributed by atoms with Gasteiger partial charge < -0.3 is 15.7 Å². The van der Waals surface area contributed by atoms with Crippen LogP contribution in [-0.4, -0.2) is 35.1 Å². The predicted molar refractivity (Wildman–Crippen MR) is 93.0 cm³/mol. The number of carbonyl (C=O) groups is 1. The lowest BCUT2D eigenvalue weighted by Gasteiger charge is -2.30. The van der Waals surface area contributed by atoms with Gasteiger partial charge in [0.1, 0.15) is 6.04 Å². The Morgan fingerprint density at radius 1 is 1.12 bits per heavy atom. The van der Waals surface area contributed by atoms with Gasteiger partial charge in [0.2, 0.25) is 5.91 Å². The molecular weight excluding hydrogens is 300 g/mol. The average Bonchev–Trinajstić information content (AvgIpc) is 2.65. The number of aliphatic hydroxyl groups is 1. The van der Waals surface area contributed by atoms with Crippen molar-refractivity contribution in [2.75, 3.05) is 13.2 Å². The van der Waals surface area contributed by atoms with E-state index in [9.17, 15) is 4.79 Å². The Morgan fingerprint density at radius 3 is 2.62 bits per heavy atom. The molecule has 2 aromatic rings. The van der Waals surface area contributed by atoms with Gasteiger partial charge in [-0.2, -0.15) is 0 Å². The lowest BCUT2D eigenvalue weighted by atomic mass is 9.97. The fourth-order valence-electron chi connectivity index (χ4n) is 2.80.